The molecule has 0 radical (unpaired) electrons. The second-order valence-electron chi connectivity index (χ2n) is 4.32. The van der Waals surface area contributed by atoms with Crippen LogP contribution in [-0.2, 0) is 4.79 Å². The Morgan fingerprint density at radius 3 is 2.80 bits per heavy atom. The lowest BCUT2D eigenvalue weighted by Crippen LogP contribution is -1.98. The van der Waals surface area contributed by atoms with E-state index in [2.05, 4.69) is 36.8 Å². The Kier molecular flexibility index (Phi) is 3.72. The first-order chi connectivity index (χ1) is 9.70. The summed E-state index contributed by atoms with van der Waals surface area (Å²) in [6.07, 6.45) is 2.79. The molecule has 0 spiro atoms. The molecule has 5 heteroatoms. The number of halogens is 2. The van der Waals surface area contributed by atoms with Crippen LogP contribution in [0.2, 0.25) is 0 Å². The maximum Gasteiger partial charge on any atom is 0.139 e. The number of fused-ring (bicyclic) bond motifs is 1. The van der Waals surface area contributed by atoms with Gasteiger partial charge in [0.25, 0.3) is 0 Å². The summed E-state index contributed by atoms with van der Waals surface area (Å²) in [5.74, 6) is 0. The predicted octanol–water partition coefficient (Wildman–Crippen LogP) is 4.40. The van der Waals surface area contributed by atoms with Gasteiger partial charge in [-0.2, -0.15) is 0 Å². The Labute approximate surface area is 132 Å². The van der Waals surface area contributed by atoms with Crippen LogP contribution < -0.4 is 0 Å². The molecule has 3 aromatic rings. The molecule has 2 aromatic heterocycles. The second kappa shape index (κ2) is 5.50. The molecule has 0 aliphatic rings. The normalized spacial score (nSPS) is 12.5. The lowest BCUT2D eigenvalue weighted by atomic mass is 10.1. The molecule has 100 valence electrons. The van der Waals surface area contributed by atoms with Crippen LogP contribution in [0.15, 0.2) is 53.1 Å². The average Bonchev–Trinajstić information content (AvgIpc) is 2.86. The van der Waals surface area contributed by atoms with E-state index in [1.54, 1.807) is 0 Å². The monoisotopic (exact) mass is 392 g/mol. The Balaban J connectivity index is 2.32. The molecular weight excluding hydrogens is 384 g/mol. The van der Waals surface area contributed by atoms with E-state index in [9.17, 15) is 4.79 Å². The zero-order valence-corrected chi connectivity index (χ0v) is 13.5. The van der Waals surface area contributed by atoms with Crippen molar-refractivity contribution in [2.24, 2.45) is 0 Å². The minimum absolute atomic E-state index is 0.395. The number of carbonyl (C=O) groups is 1. The number of carbonyl (C=O) groups excluding carboxylic acids is 1. The lowest BCUT2D eigenvalue weighted by molar-refractivity contribution is -0.107. The van der Waals surface area contributed by atoms with Crippen LogP contribution in [0.1, 0.15) is 10.5 Å². The molecule has 0 N–H and O–H groups in total. The van der Waals surface area contributed by atoms with Gasteiger partial charge in [0, 0.05) is 16.2 Å². The van der Waals surface area contributed by atoms with Gasteiger partial charge in [-0.3, -0.25) is 0 Å². The number of alkyl halides is 1. The molecule has 0 fully saturated rings. The van der Waals surface area contributed by atoms with E-state index in [4.69, 9.17) is 0 Å². The van der Waals surface area contributed by atoms with Crippen LogP contribution in [0.3, 0.4) is 0 Å². The molecule has 1 unspecified atom stereocenters. The van der Waals surface area contributed by atoms with Crippen LogP contribution in [0.5, 0.6) is 0 Å². The first kappa shape index (κ1) is 13.5. The Morgan fingerprint density at radius 1 is 1.20 bits per heavy atom. The van der Waals surface area contributed by atoms with E-state index < -0.39 is 4.83 Å². The standard InChI is InChI=1S/C15H10Br2N2O/c16-11-5-3-4-10(8-11)14-15(12(17)9-20)19-7-2-1-6-13(19)18-14/h1-9,12H. The highest BCUT2D eigenvalue weighted by molar-refractivity contribution is 9.10. The van der Waals surface area contributed by atoms with Crippen molar-refractivity contribution in [3.8, 4) is 11.3 Å². The van der Waals surface area contributed by atoms with Crippen molar-refractivity contribution in [2.45, 2.75) is 4.83 Å². The molecule has 3 nitrogen and oxygen atoms in total. The van der Waals surface area contributed by atoms with Gasteiger partial charge in [-0.1, -0.05) is 50.1 Å². The summed E-state index contributed by atoms with van der Waals surface area (Å²) in [5, 5.41) is 0. The fourth-order valence-electron chi connectivity index (χ4n) is 2.19. The molecular formula is C15H10Br2N2O. The number of hydrogen-bond donors (Lipinski definition) is 0. The van der Waals surface area contributed by atoms with Gasteiger partial charge >= 0.3 is 0 Å². The van der Waals surface area contributed by atoms with Crippen molar-refractivity contribution in [3.63, 3.8) is 0 Å². The zero-order chi connectivity index (χ0) is 14.1. The number of imidazole rings is 1. The van der Waals surface area contributed by atoms with Crippen molar-refractivity contribution in [3.05, 3.63) is 58.8 Å². The molecule has 0 aliphatic carbocycles. The fraction of sp³-hybridized carbons (Fsp3) is 0.0667. The Hall–Kier alpha value is -1.46. The van der Waals surface area contributed by atoms with E-state index in [0.717, 1.165) is 33.4 Å². The summed E-state index contributed by atoms with van der Waals surface area (Å²) in [6, 6.07) is 13.7. The largest absolute Gasteiger partial charge is 0.302 e. The molecule has 0 saturated heterocycles. The third kappa shape index (κ3) is 2.31. The molecule has 1 atom stereocenters. The van der Waals surface area contributed by atoms with Crippen LogP contribution in [0.4, 0.5) is 0 Å². The number of benzene rings is 1. The number of aldehydes is 1. The second-order valence-corrected chi connectivity index (χ2v) is 6.22. The topological polar surface area (TPSA) is 34.4 Å². The maximum absolute atomic E-state index is 11.2. The average molecular weight is 394 g/mol. The van der Waals surface area contributed by atoms with E-state index in [0.29, 0.717) is 0 Å². The van der Waals surface area contributed by atoms with Gasteiger partial charge in [0.15, 0.2) is 0 Å². The van der Waals surface area contributed by atoms with Gasteiger partial charge in [0.1, 0.15) is 16.8 Å². The van der Waals surface area contributed by atoms with E-state index in [1.807, 2.05) is 53.1 Å². The van der Waals surface area contributed by atoms with Crippen molar-refractivity contribution < 1.29 is 4.79 Å². The summed E-state index contributed by atoms with van der Waals surface area (Å²) in [5.41, 5.74) is 3.45. The zero-order valence-electron chi connectivity index (χ0n) is 10.3. The smallest absolute Gasteiger partial charge is 0.139 e. The highest BCUT2D eigenvalue weighted by atomic mass is 79.9. The summed E-state index contributed by atoms with van der Waals surface area (Å²) in [7, 11) is 0. The van der Waals surface area contributed by atoms with Crippen molar-refractivity contribution in [1.29, 1.82) is 0 Å². The molecule has 0 aliphatic heterocycles. The maximum atomic E-state index is 11.2. The van der Waals surface area contributed by atoms with Gasteiger partial charge in [0.2, 0.25) is 0 Å². The lowest BCUT2D eigenvalue weighted by Gasteiger charge is -2.06. The summed E-state index contributed by atoms with van der Waals surface area (Å²) in [4.78, 5) is 15.5. The van der Waals surface area contributed by atoms with Crippen molar-refractivity contribution in [2.75, 3.05) is 0 Å². The van der Waals surface area contributed by atoms with Crippen LogP contribution in [-0.4, -0.2) is 15.7 Å². The Bertz CT molecular complexity index is 782. The molecule has 1 aromatic carbocycles. The van der Waals surface area contributed by atoms with Gasteiger partial charge in [0.05, 0.1) is 11.4 Å². The first-order valence-electron chi connectivity index (χ1n) is 6.03. The van der Waals surface area contributed by atoms with Crippen LogP contribution >= 0.6 is 31.9 Å². The van der Waals surface area contributed by atoms with Gasteiger partial charge in [-0.25, -0.2) is 4.98 Å². The van der Waals surface area contributed by atoms with E-state index >= 15 is 0 Å². The SMILES string of the molecule is O=CC(Br)c1c(-c2cccc(Br)c2)nc2ccccn12. The molecule has 0 saturated carbocycles. The minimum atomic E-state index is -0.395. The number of pyridine rings is 1. The quantitative estimate of drug-likeness (QED) is 0.488. The van der Waals surface area contributed by atoms with Crippen molar-refractivity contribution >= 4 is 43.8 Å². The third-order valence-electron chi connectivity index (χ3n) is 3.05. The van der Waals surface area contributed by atoms with Crippen molar-refractivity contribution in [1.82, 2.24) is 9.38 Å². The number of aromatic nitrogens is 2. The van der Waals surface area contributed by atoms with Gasteiger partial charge < -0.3 is 9.20 Å². The van der Waals surface area contributed by atoms with E-state index in [1.165, 1.54) is 0 Å². The van der Waals surface area contributed by atoms with Crippen LogP contribution in [0, 0.1) is 0 Å². The molecule has 0 bridgehead atoms. The van der Waals surface area contributed by atoms with Crippen LogP contribution in [0.25, 0.3) is 16.9 Å². The third-order valence-corrected chi connectivity index (χ3v) is 4.19. The summed E-state index contributed by atoms with van der Waals surface area (Å²) >= 11 is 6.88. The van der Waals surface area contributed by atoms with Gasteiger partial charge in [-0.15, -0.1) is 0 Å². The molecule has 2 heterocycles. The molecule has 20 heavy (non-hydrogen) atoms. The highest BCUT2D eigenvalue weighted by Crippen LogP contribution is 2.33. The minimum Gasteiger partial charge on any atom is -0.302 e. The predicted molar refractivity (Wildman–Crippen MR) is 86.1 cm³/mol. The van der Waals surface area contributed by atoms with Gasteiger partial charge in [-0.05, 0) is 24.3 Å². The highest BCUT2D eigenvalue weighted by Gasteiger charge is 2.20. The number of nitrogens with zero attached hydrogens (tertiary/aromatic N) is 2. The number of rotatable bonds is 3. The summed E-state index contributed by atoms with van der Waals surface area (Å²) < 4.78 is 2.92. The number of hydrogen-bond acceptors (Lipinski definition) is 2. The summed E-state index contributed by atoms with van der Waals surface area (Å²) in [6.45, 7) is 0. The van der Waals surface area contributed by atoms with E-state index in [-0.39, 0.29) is 0 Å². The molecule has 0 amide bonds. The fourth-order valence-corrected chi connectivity index (χ4v) is 3.03. The first-order valence-corrected chi connectivity index (χ1v) is 7.74. The Morgan fingerprint density at radius 2 is 2.05 bits per heavy atom. The molecule has 3 rings (SSSR count).